The van der Waals surface area contributed by atoms with Crippen molar-refractivity contribution in [3.63, 3.8) is 0 Å². The van der Waals surface area contributed by atoms with Gasteiger partial charge in [0.2, 0.25) is 10.0 Å². The van der Waals surface area contributed by atoms with E-state index in [-0.39, 0.29) is 17.3 Å². The van der Waals surface area contributed by atoms with Crippen molar-refractivity contribution in [3.8, 4) is 0 Å². The zero-order chi connectivity index (χ0) is 23.6. The van der Waals surface area contributed by atoms with Crippen LogP contribution < -0.4 is 4.90 Å². The highest BCUT2D eigenvalue weighted by Crippen LogP contribution is 2.32. The first-order valence-electron chi connectivity index (χ1n) is 10.3. The van der Waals surface area contributed by atoms with Crippen LogP contribution in [0.2, 0.25) is 5.02 Å². The SMILES string of the molecule is CCN(CC)S(=O)(=O)c1ccc(C(=O)N(Cc2ccco2)c2nc3ccc(Cl)cc3s2)cc1. The molecule has 0 saturated heterocycles. The van der Waals surface area contributed by atoms with Gasteiger partial charge in [-0.3, -0.25) is 9.69 Å². The molecule has 0 fully saturated rings. The Morgan fingerprint density at radius 2 is 1.82 bits per heavy atom. The molecule has 2 aromatic carbocycles. The van der Waals surface area contributed by atoms with Crippen LogP contribution in [0, 0.1) is 0 Å². The molecule has 0 radical (unpaired) electrons. The molecule has 0 spiro atoms. The van der Waals surface area contributed by atoms with E-state index in [1.165, 1.54) is 44.8 Å². The molecule has 4 rings (SSSR count). The summed E-state index contributed by atoms with van der Waals surface area (Å²) in [4.78, 5) is 19.8. The Labute approximate surface area is 201 Å². The number of benzene rings is 2. The zero-order valence-corrected chi connectivity index (χ0v) is 20.5. The molecule has 0 aliphatic heterocycles. The number of sulfonamides is 1. The summed E-state index contributed by atoms with van der Waals surface area (Å²) in [6.45, 7) is 4.50. The van der Waals surface area contributed by atoms with Crippen molar-refractivity contribution in [1.29, 1.82) is 0 Å². The third-order valence-electron chi connectivity index (χ3n) is 5.15. The molecule has 0 saturated carbocycles. The van der Waals surface area contributed by atoms with E-state index in [0.29, 0.717) is 34.6 Å². The number of thiazole rings is 1. The monoisotopic (exact) mass is 503 g/mol. The lowest BCUT2D eigenvalue weighted by Gasteiger charge is -2.20. The van der Waals surface area contributed by atoms with Gasteiger partial charge in [-0.1, -0.05) is 36.8 Å². The van der Waals surface area contributed by atoms with E-state index >= 15 is 0 Å². The molecule has 0 N–H and O–H groups in total. The predicted molar refractivity (Wildman–Crippen MR) is 130 cm³/mol. The number of carbonyl (C=O) groups is 1. The maximum Gasteiger partial charge on any atom is 0.260 e. The minimum atomic E-state index is -3.61. The van der Waals surface area contributed by atoms with Crippen LogP contribution >= 0.6 is 22.9 Å². The van der Waals surface area contributed by atoms with Gasteiger partial charge in [0.25, 0.3) is 5.91 Å². The molecular formula is C23H22ClN3O4S2. The summed E-state index contributed by atoms with van der Waals surface area (Å²) in [5.41, 5.74) is 1.08. The molecule has 7 nitrogen and oxygen atoms in total. The Kier molecular flexibility index (Phi) is 6.85. The summed E-state index contributed by atoms with van der Waals surface area (Å²) in [6.07, 6.45) is 1.54. The van der Waals surface area contributed by atoms with Crippen molar-refractivity contribution in [2.45, 2.75) is 25.3 Å². The first kappa shape index (κ1) is 23.4. The average molecular weight is 504 g/mol. The zero-order valence-electron chi connectivity index (χ0n) is 18.1. The molecule has 2 heterocycles. The number of halogens is 1. The minimum absolute atomic E-state index is 0.148. The Balaban J connectivity index is 1.69. The maximum absolute atomic E-state index is 13.5. The number of furan rings is 1. The molecule has 0 aliphatic rings. The molecular weight excluding hydrogens is 482 g/mol. The largest absolute Gasteiger partial charge is 0.467 e. The Morgan fingerprint density at radius 3 is 2.45 bits per heavy atom. The van der Waals surface area contributed by atoms with E-state index < -0.39 is 10.0 Å². The van der Waals surface area contributed by atoms with E-state index in [1.54, 1.807) is 50.4 Å². The lowest BCUT2D eigenvalue weighted by Crippen LogP contribution is -2.31. The standard InChI is InChI=1S/C23H22ClN3O4S2/c1-3-26(4-2)33(29,30)19-10-7-16(8-11-19)22(28)27(15-18-6-5-13-31-18)23-25-20-12-9-17(24)14-21(20)32-23/h5-14H,3-4,15H2,1-2H3. The predicted octanol–water partition coefficient (Wildman–Crippen LogP) is 5.42. The van der Waals surface area contributed by atoms with Crippen LogP contribution in [0.5, 0.6) is 0 Å². The van der Waals surface area contributed by atoms with E-state index in [1.807, 2.05) is 0 Å². The summed E-state index contributed by atoms with van der Waals surface area (Å²) in [6, 6.07) is 14.9. The highest BCUT2D eigenvalue weighted by Gasteiger charge is 2.25. The fraction of sp³-hybridized carbons (Fsp3) is 0.217. The lowest BCUT2D eigenvalue weighted by molar-refractivity contribution is 0.0983. The summed E-state index contributed by atoms with van der Waals surface area (Å²) < 4.78 is 33.2. The average Bonchev–Trinajstić information content (AvgIpc) is 3.47. The number of nitrogens with zero attached hydrogens (tertiary/aromatic N) is 3. The molecule has 4 aromatic rings. The van der Waals surface area contributed by atoms with Crippen molar-refractivity contribution in [3.05, 3.63) is 77.2 Å². The second-order valence-corrected chi connectivity index (χ2v) is 10.6. The van der Waals surface area contributed by atoms with Crippen molar-refractivity contribution in [2.24, 2.45) is 0 Å². The third kappa shape index (κ3) is 4.81. The fourth-order valence-electron chi connectivity index (χ4n) is 3.42. The van der Waals surface area contributed by atoms with Gasteiger partial charge in [0.1, 0.15) is 5.76 Å². The smallest absolute Gasteiger partial charge is 0.260 e. The quantitative estimate of drug-likeness (QED) is 0.320. The van der Waals surface area contributed by atoms with Crippen molar-refractivity contribution < 1.29 is 17.6 Å². The molecule has 0 bridgehead atoms. The third-order valence-corrected chi connectivity index (χ3v) is 8.49. The van der Waals surface area contributed by atoms with Crippen LogP contribution in [-0.2, 0) is 16.6 Å². The van der Waals surface area contributed by atoms with E-state index in [9.17, 15) is 13.2 Å². The number of anilines is 1. The normalized spacial score (nSPS) is 11.9. The van der Waals surface area contributed by atoms with Gasteiger partial charge in [-0.2, -0.15) is 4.31 Å². The topological polar surface area (TPSA) is 83.7 Å². The van der Waals surface area contributed by atoms with Gasteiger partial charge < -0.3 is 4.42 Å². The summed E-state index contributed by atoms with van der Waals surface area (Å²) in [7, 11) is -3.61. The molecule has 0 aliphatic carbocycles. The van der Waals surface area contributed by atoms with Gasteiger partial charge in [0.05, 0.1) is 27.9 Å². The van der Waals surface area contributed by atoms with Crippen molar-refractivity contribution in [2.75, 3.05) is 18.0 Å². The van der Waals surface area contributed by atoms with E-state index in [4.69, 9.17) is 16.0 Å². The molecule has 0 unspecified atom stereocenters. The molecule has 2 aromatic heterocycles. The van der Waals surface area contributed by atoms with Crippen LogP contribution in [-0.4, -0.2) is 36.7 Å². The van der Waals surface area contributed by atoms with Gasteiger partial charge in [-0.05, 0) is 54.6 Å². The first-order chi connectivity index (χ1) is 15.8. The van der Waals surface area contributed by atoms with Crippen LogP contribution in [0.15, 0.2) is 70.2 Å². The molecule has 1 amide bonds. The summed E-state index contributed by atoms with van der Waals surface area (Å²) in [5, 5.41) is 1.08. The van der Waals surface area contributed by atoms with Crippen LogP contribution in [0.1, 0.15) is 30.0 Å². The van der Waals surface area contributed by atoms with Gasteiger partial charge in [0, 0.05) is 23.7 Å². The van der Waals surface area contributed by atoms with E-state index in [2.05, 4.69) is 4.98 Å². The second-order valence-electron chi connectivity index (χ2n) is 7.19. The number of hydrogen-bond donors (Lipinski definition) is 0. The minimum Gasteiger partial charge on any atom is -0.467 e. The second kappa shape index (κ2) is 9.64. The first-order valence-corrected chi connectivity index (χ1v) is 13.0. The van der Waals surface area contributed by atoms with Gasteiger partial charge in [-0.15, -0.1) is 0 Å². The van der Waals surface area contributed by atoms with Crippen LogP contribution in [0.3, 0.4) is 0 Å². The van der Waals surface area contributed by atoms with Crippen molar-refractivity contribution >= 4 is 54.2 Å². The lowest BCUT2D eigenvalue weighted by atomic mass is 10.2. The Hall–Kier alpha value is -2.72. The highest BCUT2D eigenvalue weighted by atomic mass is 35.5. The Morgan fingerprint density at radius 1 is 1.09 bits per heavy atom. The van der Waals surface area contributed by atoms with Gasteiger partial charge in [0.15, 0.2) is 5.13 Å². The number of rotatable bonds is 8. The molecule has 10 heteroatoms. The molecule has 172 valence electrons. The van der Waals surface area contributed by atoms with Gasteiger partial charge in [-0.25, -0.2) is 13.4 Å². The maximum atomic E-state index is 13.5. The number of fused-ring (bicyclic) bond motifs is 1. The number of carbonyl (C=O) groups excluding carboxylic acids is 1. The summed E-state index contributed by atoms with van der Waals surface area (Å²) in [5.74, 6) is 0.282. The molecule has 0 atom stereocenters. The number of amides is 1. The van der Waals surface area contributed by atoms with E-state index in [0.717, 1.165) is 10.2 Å². The van der Waals surface area contributed by atoms with Crippen molar-refractivity contribution in [1.82, 2.24) is 9.29 Å². The number of hydrogen-bond acceptors (Lipinski definition) is 6. The van der Waals surface area contributed by atoms with Gasteiger partial charge >= 0.3 is 0 Å². The Bertz CT molecular complexity index is 1360. The van der Waals surface area contributed by atoms with Crippen LogP contribution in [0.4, 0.5) is 5.13 Å². The fourth-order valence-corrected chi connectivity index (χ4v) is 6.12. The summed E-state index contributed by atoms with van der Waals surface area (Å²) >= 11 is 7.45. The van der Waals surface area contributed by atoms with Crippen LogP contribution in [0.25, 0.3) is 10.2 Å². The molecule has 33 heavy (non-hydrogen) atoms. The highest BCUT2D eigenvalue weighted by molar-refractivity contribution is 7.89. The number of aromatic nitrogens is 1.